The molecule has 76 valence electrons. The largest absolute Gasteiger partial charge is 0.507 e. The number of rotatable bonds is 4. The van der Waals surface area contributed by atoms with Crippen LogP contribution in [0.3, 0.4) is 0 Å². The lowest BCUT2D eigenvalue weighted by atomic mass is 10.2. The van der Waals surface area contributed by atoms with Crippen molar-refractivity contribution in [2.75, 3.05) is 6.61 Å². The quantitative estimate of drug-likeness (QED) is 0.438. The molecule has 0 fully saturated rings. The summed E-state index contributed by atoms with van der Waals surface area (Å²) >= 11 is 0. The number of benzene rings is 1. The van der Waals surface area contributed by atoms with Crippen molar-refractivity contribution in [1.82, 2.24) is 0 Å². The maximum absolute atomic E-state index is 9.44. The van der Waals surface area contributed by atoms with Crippen LogP contribution in [0.1, 0.15) is 18.9 Å². The van der Waals surface area contributed by atoms with Gasteiger partial charge in [-0.15, -0.1) is 0 Å². The van der Waals surface area contributed by atoms with Gasteiger partial charge in [0, 0.05) is 11.6 Å². The third-order valence-corrected chi connectivity index (χ3v) is 1.67. The average molecular weight is 195 g/mol. The Balaban J connectivity index is 2.78. The van der Waals surface area contributed by atoms with Crippen molar-refractivity contribution < 1.29 is 15.1 Å². The van der Waals surface area contributed by atoms with Gasteiger partial charge in [0.05, 0.1) is 12.8 Å². The lowest BCUT2D eigenvalue weighted by Gasteiger charge is -2.05. The van der Waals surface area contributed by atoms with Crippen LogP contribution < -0.4 is 4.74 Å². The molecule has 1 aromatic carbocycles. The number of nitrogens with zero attached hydrogens (tertiary/aromatic N) is 1. The smallest absolute Gasteiger partial charge is 0.128 e. The van der Waals surface area contributed by atoms with E-state index in [4.69, 9.17) is 9.94 Å². The zero-order valence-electron chi connectivity index (χ0n) is 7.97. The number of oxime groups is 1. The third-order valence-electron chi connectivity index (χ3n) is 1.67. The number of hydrogen-bond acceptors (Lipinski definition) is 4. The highest BCUT2D eigenvalue weighted by atomic mass is 16.5. The molecule has 0 spiro atoms. The predicted octanol–water partition coefficient (Wildman–Crippen LogP) is 1.99. The van der Waals surface area contributed by atoms with Gasteiger partial charge in [-0.1, -0.05) is 12.1 Å². The number of hydrogen-bond donors (Lipinski definition) is 2. The number of phenols is 1. The summed E-state index contributed by atoms with van der Waals surface area (Å²) in [5.74, 6) is 0.649. The van der Waals surface area contributed by atoms with E-state index in [1.807, 2.05) is 6.92 Å². The van der Waals surface area contributed by atoms with E-state index in [9.17, 15) is 5.11 Å². The van der Waals surface area contributed by atoms with Gasteiger partial charge in [0.2, 0.25) is 0 Å². The van der Waals surface area contributed by atoms with E-state index in [1.165, 1.54) is 12.3 Å². The lowest BCUT2D eigenvalue weighted by Crippen LogP contribution is -1.95. The fourth-order valence-electron chi connectivity index (χ4n) is 1.00. The molecule has 2 N–H and O–H groups in total. The lowest BCUT2D eigenvalue weighted by molar-refractivity contribution is 0.315. The highest BCUT2D eigenvalue weighted by Gasteiger charge is 2.00. The Morgan fingerprint density at radius 3 is 2.86 bits per heavy atom. The zero-order valence-corrected chi connectivity index (χ0v) is 7.97. The summed E-state index contributed by atoms with van der Waals surface area (Å²) in [7, 11) is 0. The average Bonchev–Trinajstić information content (AvgIpc) is 2.19. The van der Waals surface area contributed by atoms with Gasteiger partial charge in [0.1, 0.15) is 11.5 Å². The van der Waals surface area contributed by atoms with E-state index >= 15 is 0 Å². The molecular weight excluding hydrogens is 182 g/mol. The summed E-state index contributed by atoms with van der Waals surface area (Å²) in [6.45, 7) is 2.62. The van der Waals surface area contributed by atoms with Gasteiger partial charge in [0.25, 0.3) is 0 Å². The maximum atomic E-state index is 9.44. The second-order valence-electron chi connectivity index (χ2n) is 2.81. The Morgan fingerprint density at radius 1 is 1.50 bits per heavy atom. The summed E-state index contributed by atoms with van der Waals surface area (Å²) in [4.78, 5) is 0. The van der Waals surface area contributed by atoms with Crippen LogP contribution in [-0.4, -0.2) is 23.1 Å². The van der Waals surface area contributed by atoms with E-state index in [1.54, 1.807) is 12.1 Å². The minimum atomic E-state index is 0.0383. The Kier molecular flexibility index (Phi) is 3.79. The van der Waals surface area contributed by atoms with E-state index in [-0.39, 0.29) is 5.75 Å². The van der Waals surface area contributed by atoms with Crippen molar-refractivity contribution in [3.63, 3.8) is 0 Å². The van der Waals surface area contributed by atoms with E-state index < -0.39 is 0 Å². The number of phenolic OH excluding ortho intramolecular Hbond substituents is 1. The Morgan fingerprint density at radius 2 is 2.29 bits per heavy atom. The molecule has 4 heteroatoms. The van der Waals surface area contributed by atoms with Crippen LogP contribution >= 0.6 is 0 Å². The van der Waals surface area contributed by atoms with Gasteiger partial charge in [-0.2, -0.15) is 0 Å². The molecule has 0 atom stereocenters. The molecule has 4 nitrogen and oxygen atoms in total. The SMILES string of the molecule is CCCOc1ccc(C=NO)c(O)c1. The molecule has 0 aliphatic heterocycles. The van der Waals surface area contributed by atoms with Crippen LogP contribution in [0.5, 0.6) is 11.5 Å². The first-order valence-electron chi connectivity index (χ1n) is 4.41. The second kappa shape index (κ2) is 5.11. The van der Waals surface area contributed by atoms with E-state index in [0.29, 0.717) is 17.9 Å². The van der Waals surface area contributed by atoms with Gasteiger partial charge in [-0.25, -0.2) is 0 Å². The molecule has 0 radical (unpaired) electrons. The Labute approximate surface area is 82.4 Å². The molecule has 1 rings (SSSR count). The van der Waals surface area contributed by atoms with Crippen molar-refractivity contribution in [2.45, 2.75) is 13.3 Å². The van der Waals surface area contributed by atoms with Crippen molar-refractivity contribution in [2.24, 2.45) is 5.16 Å². The molecule has 1 aromatic rings. The standard InChI is InChI=1S/C10H13NO3/c1-2-5-14-9-4-3-8(7-11-13)10(12)6-9/h3-4,6-7,12-13H,2,5H2,1H3. The minimum absolute atomic E-state index is 0.0383. The van der Waals surface area contributed by atoms with Crippen LogP contribution in [0.2, 0.25) is 0 Å². The van der Waals surface area contributed by atoms with Gasteiger partial charge in [-0.3, -0.25) is 0 Å². The summed E-state index contributed by atoms with van der Waals surface area (Å²) < 4.78 is 5.30. The third kappa shape index (κ3) is 2.65. The van der Waals surface area contributed by atoms with Gasteiger partial charge >= 0.3 is 0 Å². The molecule has 0 saturated heterocycles. The topological polar surface area (TPSA) is 62.0 Å². The van der Waals surface area contributed by atoms with E-state index in [0.717, 1.165) is 6.42 Å². The van der Waals surface area contributed by atoms with Crippen molar-refractivity contribution in [1.29, 1.82) is 0 Å². The van der Waals surface area contributed by atoms with Crippen LogP contribution in [0.25, 0.3) is 0 Å². The summed E-state index contributed by atoms with van der Waals surface area (Å²) in [6, 6.07) is 4.83. The fourth-order valence-corrected chi connectivity index (χ4v) is 1.00. The summed E-state index contributed by atoms with van der Waals surface area (Å²) in [5, 5.41) is 20.6. The van der Waals surface area contributed by atoms with Crippen LogP contribution in [0, 0.1) is 0 Å². The predicted molar refractivity (Wildman–Crippen MR) is 53.3 cm³/mol. The second-order valence-corrected chi connectivity index (χ2v) is 2.81. The molecule has 0 aliphatic rings. The Hall–Kier alpha value is -1.71. The molecule has 0 saturated carbocycles. The van der Waals surface area contributed by atoms with Crippen LogP contribution in [0.15, 0.2) is 23.4 Å². The number of aromatic hydroxyl groups is 1. The normalized spacial score (nSPS) is 10.6. The molecular formula is C10H13NO3. The van der Waals surface area contributed by atoms with Gasteiger partial charge < -0.3 is 15.1 Å². The number of ether oxygens (including phenoxy) is 1. The first kappa shape index (κ1) is 10.4. The minimum Gasteiger partial charge on any atom is -0.507 e. The summed E-state index contributed by atoms with van der Waals surface area (Å²) in [6.07, 6.45) is 2.08. The van der Waals surface area contributed by atoms with Crippen molar-refractivity contribution in [3.8, 4) is 11.5 Å². The molecule has 0 aromatic heterocycles. The van der Waals surface area contributed by atoms with Gasteiger partial charge in [0.15, 0.2) is 0 Å². The molecule has 14 heavy (non-hydrogen) atoms. The van der Waals surface area contributed by atoms with Crippen LogP contribution in [0.4, 0.5) is 0 Å². The molecule has 0 unspecified atom stereocenters. The van der Waals surface area contributed by atoms with Crippen molar-refractivity contribution in [3.05, 3.63) is 23.8 Å². The zero-order chi connectivity index (χ0) is 10.4. The van der Waals surface area contributed by atoms with E-state index in [2.05, 4.69) is 5.16 Å². The Bertz CT molecular complexity index is 323. The monoisotopic (exact) mass is 195 g/mol. The first-order chi connectivity index (χ1) is 6.77. The summed E-state index contributed by atoms with van der Waals surface area (Å²) in [5.41, 5.74) is 0.455. The molecule has 0 aliphatic carbocycles. The van der Waals surface area contributed by atoms with Crippen molar-refractivity contribution >= 4 is 6.21 Å². The molecule has 0 heterocycles. The highest BCUT2D eigenvalue weighted by molar-refractivity contribution is 5.83. The maximum Gasteiger partial charge on any atom is 0.128 e. The van der Waals surface area contributed by atoms with Crippen LogP contribution in [-0.2, 0) is 0 Å². The molecule has 0 amide bonds. The first-order valence-corrected chi connectivity index (χ1v) is 4.41. The highest BCUT2D eigenvalue weighted by Crippen LogP contribution is 2.22. The fraction of sp³-hybridized carbons (Fsp3) is 0.300. The van der Waals surface area contributed by atoms with Gasteiger partial charge in [-0.05, 0) is 18.6 Å². The molecule has 0 bridgehead atoms.